The van der Waals surface area contributed by atoms with Crippen LogP contribution in [0.2, 0.25) is 0 Å². The van der Waals surface area contributed by atoms with Gasteiger partial charge in [-0.1, -0.05) is 0 Å². The van der Waals surface area contributed by atoms with Crippen LogP contribution in [-0.4, -0.2) is 67.8 Å². The van der Waals surface area contributed by atoms with Crippen LogP contribution in [-0.2, 0) is 36.9 Å². The van der Waals surface area contributed by atoms with Crippen LogP contribution < -0.4 is 0 Å². The van der Waals surface area contributed by atoms with Gasteiger partial charge in [0, 0.05) is 17.2 Å². The van der Waals surface area contributed by atoms with Gasteiger partial charge in [0.1, 0.15) is 5.75 Å². The van der Waals surface area contributed by atoms with Gasteiger partial charge in [-0.05, 0) is 18.2 Å². The highest BCUT2D eigenvalue weighted by molar-refractivity contribution is 5.62. The van der Waals surface area contributed by atoms with Gasteiger partial charge >= 0.3 is 5.69 Å². The Morgan fingerprint density at radius 3 is 1.67 bits per heavy atom. The first-order valence-electron chi connectivity index (χ1n) is 11.0. The van der Waals surface area contributed by atoms with Crippen LogP contribution in [0, 0.1) is 20.2 Å². The summed E-state index contributed by atoms with van der Waals surface area (Å²) in [6.45, 7) is 2.99. The van der Waals surface area contributed by atoms with Crippen LogP contribution in [0.15, 0.2) is 40.6 Å². The number of hydrogen-bond acceptors (Lipinski definition) is 12. The maximum absolute atomic E-state index is 11.4. The first-order chi connectivity index (χ1) is 17.5. The average Bonchev–Trinajstić information content (AvgIpc) is 2.86. The van der Waals surface area contributed by atoms with E-state index in [-0.39, 0.29) is 43.6 Å². The topological polar surface area (TPSA) is 177 Å². The molecule has 1 heterocycles. The van der Waals surface area contributed by atoms with Crippen LogP contribution in [0.3, 0.4) is 0 Å². The summed E-state index contributed by atoms with van der Waals surface area (Å²) in [7, 11) is 0. The average molecular weight is 506 g/mol. The van der Waals surface area contributed by atoms with E-state index in [1.807, 2.05) is 0 Å². The van der Waals surface area contributed by atoms with Crippen molar-refractivity contribution in [3.63, 3.8) is 0 Å². The minimum atomic E-state index is -0.772. The standard InChI is InChI=1S/C22H26N4O10/c27-22-16-11-18(23-24-20-2-1-19(25(28)29)13-21(20)26(30)31)12-17(22)15-36-10-8-34-6-4-32-3-5-33-7-9-35-14-16/h1-2,11-13,27H,3-10,14-15H2. The molecule has 0 aromatic heterocycles. The molecule has 14 nitrogen and oxygen atoms in total. The molecule has 36 heavy (non-hydrogen) atoms. The number of phenols is 1. The number of phenolic OH excluding ortho intramolecular Hbond substituents is 1. The minimum Gasteiger partial charge on any atom is -0.507 e. The molecule has 2 aromatic rings. The largest absolute Gasteiger partial charge is 0.507 e. The van der Waals surface area contributed by atoms with Gasteiger partial charge < -0.3 is 28.8 Å². The lowest BCUT2D eigenvalue weighted by atomic mass is 10.1. The van der Waals surface area contributed by atoms with Crippen LogP contribution in [0.25, 0.3) is 0 Å². The van der Waals surface area contributed by atoms with E-state index < -0.39 is 21.2 Å². The van der Waals surface area contributed by atoms with Gasteiger partial charge in [-0.25, -0.2) is 0 Å². The molecule has 3 rings (SSSR count). The van der Waals surface area contributed by atoms with E-state index >= 15 is 0 Å². The number of non-ortho nitro benzene ring substituents is 1. The molecule has 0 unspecified atom stereocenters. The number of hydrogen-bond donors (Lipinski definition) is 1. The van der Waals surface area contributed by atoms with Gasteiger partial charge in [-0.3, -0.25) is 20.2 Å². The zero-order chi connectivity index (χ0) is 25.8. The molecule has 14 heteroatoms. The number of azo groups is 1. The van der Waals surface area contributed by atoms with Crippen molar-refractivity contribution in [3.05, 3.63) is 61.7 Å². The van der Waals surface area contributed by atoms with E-state index in [1.54, 1.807) is 0 Å². The summed E-state index contributed by atoms with van der Waals surface area (Å²) in [4.78, 5) is 20.8. The van der Waals surface area contributed by atoms with Crippen LogP contribution >= 0.6 is 0 Å². The Labute approximate surface area is 205 Å². The fraction of sp³-hybridized carbons (Fsp3) is 0.455. The number of rotatable bonds is 4. The van der Waals surface area contributed by atoms with Crippen molar-refractivity contribution >= 4 is 22.7 Å². The molecule has 0 spiro atoms. The van der Waals surface area contributed by atoms with Gasteiger partial charge in [0.2, 0.25) is 0 Å². The number of aromatic hydroxyl groups is 1. The maximum atomic E-state index is 11.4. The smallest absolute Gasteiger partial charge is 0.303 e. The Hall–Kier alpha value is -3.56. The quantitative estimate of drug-likeness (QED) is 0.365. The van der Waals surface area contributed by atoms with E-state index in [2.05, 4.69) is 10.2 Å². The molecule has 0 aliphatic carbocycles. The molecular formula is C22H26N4O10. The Kier molecular flexibility index (Phi) is 10.6. The van der Waals surface area contributed by atoms with Gasteiger partial charge in [-0.15, -0.1) is 5.11 Å². The second-order valence-electron chi connectivity index (χ2n) is 7.44. The monoisotopic (exact) mass is 506 g/mol. The molecule has 0 radical (unpaired) electrons. The molecule has 0 fully saturated rings. The summed E-state index contributed by atoms with van der Waals surface area (Å²) in [5.74, 6) is -0.0355. The Bertz CT molecular complexity index is 1040. The zero-order valence-corrected chi connectivity index (χ0v) is 19.4. The lowest BCUT2D eigenvalue weighted by Gasteiger charge is -2.13. The summed E-state index contributed by atoms with van der Waals surface area (Å²) in [6.07, 6.45) is 0. The molecule has 0 atom stereocenters. The molecule has 0 amide bonds. The van der Waals surface area contributed by atoms with Crippen molar-refractivity contribution in [2.45, 2.75) is 13.2 Å². The van der Waals surface area contributed by atoms with E-state index in [4.69, 9.17) is 23.7 Å². The summed E-state index contributed by atoms with van der Waals surface area (Å²) in [5, 5.41) is 41.0. The van der Waals surface area contributed by atoms with Crippen molar-refractivity contribution in [1.29, 1.82) is 0 Å². The minimum absolute atomic E-state index is 0.0355. The Morgan fingerprint density at radius 2 is 1.19 bits per heavy atom. The number of nitrogens with zero attached hydrogens (tertiary/aromatic N) is 4. The molecule has 2 bridgehead atoms. The third-order valence-corrected chi connectivity index (χ3v) is 4.90. The third kappa shape index (κ3) is 8.28. The number of fused-ring (bicyclic) bond motifs is 2. The lowest BCUT2D eigenvalue weighted by Crippen LogP contribution is -2.13. The molecule has 0 saturated carbocycles. The molecular weight excluding hydrogens is 480 g/mol. The number of nitro benzene ring substituents is 2. The summed E-state index contributed by atoms with van der Waals surface area (Å²) in [5.41, 5.74) is -0.0633. The Balaban J connectivity index is 1.82. The maximum Gasteiger partial charge on any atom is 0.303 e. The van der Waals surface area contributed by atoms with Gasteiger partial charge in [0.05, 0.1) is 87.7 Å². The van der Waals surface area contributed by atoms with Crippen LogP contribution in [0.4, 0.5) is 22.7 Å². The molecule has 194 valence electrons. The highest BCUT2D eigenvalue weighted by Gasteiger charge is 2.19. The number of nitro groups is 2. The number of benzene rings is 2. The number of ether oxygens (including phenoxy) is 5. The highest BCUT2D eigenvalue weighted by atomic mass is 16.6. The predicted molar refractivity (Wildman–Crippen MR) is 124 cm³/mol. The highest BCUT2D eigenvalue weighted by Crippen LogP contribution is 2.34. The van der Waals surface area contributed by atoms with Crippen molar-refractivity contribution < 1.29 is 38.6 Å². The molecule has 0 saturated heterocycles. The SMILES string of the molecule is O=[N+]([O-])c1ccc(N=Nc2cc3c(O)c(c2)COCCOCCOCCOCCOC3)c([N+](=O)[O-])c1. The van der Waals surface area contributed by atoms with E-state index in [9.17, 15) is 25.3 Å². The molecule has 2 aromatic carbocycles. The van der Waals surface area contributed by atoms with E-state index in [0.29, 0.717) is 50.8 Å². The van der Waals surface area contributed by atoms with E-state index in [1.165, 1.54) is 12.1 Å². The fourth-order valence-corrected chi connectivity index (χ4v) is 3.13. The second kappa shape index (κ2) is 14.1. The van der Waals surface area contributed by atoms with Crippen molar-refractivity contribution in [1.82, 2.24) is 0 Å². The first-order valence-corrected chi connectivity index (χ1v) is 11.0. The normalized spacial score (nSPS) is 16.8. The fourth-order valence-electron chi connectivity index (χ4n) is 3.13. The summed E-state index contributed by atoms with van der Waals surface area (Å²) >= 11 is 0. The van der Waals surface area contributed by atoms with Gasteiger partial charge in [0.25, 0.3) is 5.69 Å². The van der Waals surface area contributed by atoms with Gasteiger partial charge in [-0.2, -0.15) is 5.11 Å². The van der Waals surface area contributed by atoms with Crippen molar-refractivity contribution in [2.75, 3.05) is 52.9 Å². The van der Waals surface area contributed by atoms with Crippen molar-refractivity contribution in [2.24, 2.45) is 10.2 Å². The zero-order valence-electron chi connectivity index (χ0n) is 19.4. The first kappa shape index (κ1) is 27.0. The second-order valence-corrected chi connectivity index (χ2v) is 7.44. The van der Waals surface area contributed by atoms with E-state index in [0.717, 1.165) is 18.2 Å². The lowest BCUT2D eigenvalue weighted by molar-refractivity contribution is -0.393. The van der Waals surface area contributed by atoms with Crippen LogP contribution in [0.5, 0.6) is 5.75 Å². The molecule has 1 N–H and O–H groups in total. The predicted octanol–water partition coefficient (Wildman–Crippen LogP) is 3.72. The Morgan fingerprint density at radius 1 is 0.694 bits per heavy atom. The molecule has 1 aliphatic heterocycles. The molecule has 1 aliphatic rings. The van der Waals surface area contributed by atoms with Crippen LogP contribution in [0.1, 0.15) is 11.1 Å². The summed E-state index contributed by atoms with van der Waals surface area (Å²) in [6, 6.07) is 6.12. The summed E-state index contributed by atoms with van der Waals surface area (Å²) < 4.78 is 27.4. The third-order valence-electron chi connectivity index (χ3n) is 4.90. The van der Waals surface area contributed by atoms with Crippen molar-refractivity contribution in [3.8, 4) is 5.75 Å². The van der Waals surface area contributed by atoms with Gasteiger partial charge in [0.15, 0.2) is 5.69 Å².